The normalized spacial score (nSPS) is 19.7. The number of benzene rings is 3. The largest absolute Gasteiger partial charge is 0.489 e. The van der Waals surface area contributed by atoms with Crippen molar-refractivity contribution in [3.05, 3.63) is 114 Å². The second kappa shape index (κ2) is 18.1. The van der Waals surface area contributed by atoms with Crippen LogP contribution in [0.4, 0.5) is 9.59 Å². The third-order valence-electron chi connectivity index (χ3n) is 8.72. The van der Waals surface area contributed by atoms with Crippen molar-refractivity contribution < 1.29 is 38.4 Å². The Balaban J connectivity index is 1.31. The predicted octanol–water partition coefficient (Wildman–Crippen LogP) is 5.92. The van der Waals surface area contributed by atoms with Crippen molar-refractivity contribution in [3.63, 3.8) is 0 Å². The summed E-state index contributed by atoms with van der Waals surface area (Å²) in [6.07, 6.45) is -0.835. The molecule has 2 amide bonds. The summed E-state index contributed by atoms with van der Waals surface area (Å²) in [7, 11) is 0. The molecule has 12 heteroatoms. The number of amides is 2. The van der Waals surface area contributed by atoms with Gasteiger partial charge in [0, 0.05) is 25.0 Å². The monoisotopic (exact) mass is 714 g/mol. The second-order valence-corrected chi connectivity index (χ2v) is 14.0. The van der Waals surface area contributed by atoms with Crippen LogP contribution >= 0.6 is 0 Å². The lowest BCUT2D eigenvalue weighted by atomic mass is 10.0. The zero-order valence-electron chi connectivity index (χ0n) is 30.3. The third-order valence-corrected chi connectivity index (χ3v) is 8.72. The van der Waals surface area contributed by atoms with Gasteiger partial charge in [-0.15, -0.1) is 0 Å². The van der Waals surface area contributed by atoms with Gasteiger partial charge in [-0.3, -0.25) is 10.4 Å². The number of aliphatic hydroxyl groups is 1. The van der Waals surface area contributed by atoms with Crippen molar-refractivity contribution in [2.75, 3.05) is 19.8 Å². The second-order valence-electron chi connectivity index (χ2n) is 14.0. The number of carbonyl (C=O) groups is 2. The fourth-order valence-electron chi connectivity index (χ4n) is 6.09. The van der Waals surface area contributed by atoms with E-state index in [-0.39, 0.29) is 38.3 Å². The Bertz CT molecular complexity index is 1640. The number of aliphatic hydroxyl groups excluding tert-OH is 1. The molecule has 2 aliphatic heterocycles. The Morgan fingerprint density at radius 2 is 1.71 bits per heavy atom. The van der Waals surface area contributed by atoms with E-state index in [1.165, 1.54) is 6.20 Å². The van der Waals surface area contributed by atoms with E-state index in [1.807, 2.05) is 85.8 Å². The first kappa shape index (κ1) is 38.5. The van der Waals surface area contributed by atoms with Crippen LogP contribution in [0, 0.1) is 5.92 Å². The zero-order valence-corrected chi connectivity index (χ0v) is 30.3. The number of hydrazine groups is 1. The molecule has 2 heterocycles. The van der Waals surface area contributed by atoms with Gasteiger partial charge < -0.3 is 34.1 Å². The fourth-order valence-corrected chi connectivity index (χ4v) is 6.09. The van der Waals surface area contributed by atoms with E-state index in [0.29, 0.717) is 19.0 Å². The first-order valence-corrected chi connectivity index (χ1v) is 17.6. The maximum absolute atomic E-state index is 13.3. The standard InChI is InChI=1S/C40H50N4O8/c1-6-41-27(2)31-16-12-29(13-17-31)23-44(43-39(47)52-40(3,4)5)24-35(45)34(42-38(46)51-36-26-50-37-33(36)20-21-48-37)22-28-14-18-32(19-15-28)49-25-30-10-8-7-9-11-30/h6-19,33-37,45H,1,20-26H2,2-5H3,(H,42,46)(H,43,47)/t33-,34-,35-,36-,37+/m0/s1. The van der Waals surface area contributed by atoms with Gasteiger partial charge in [0.05, 0.1) is 31.3 Å². The van der Waals surface area contributed by atoms with Crippen LogP contribution in [0.2, 0.25) is 0 Å². The number of fused-ring (bicyclic) bond motifs is 1. The Kier molecular flexibility index (Phi) is 13.4. The highest BCUT2D eigenvalue weighted by molar-refractivity contribution is 5.99. The van der Waals surface area contributed by atoms with Gasteiger partial charge >= 0.3 is 12.2 Å². The molecule has 5 atom stereocenters. The van der Waals surface area contributed by atoms with Gasteiger partial charge in [0.1, 0.15) is 24.1 Å². The number of hydrogen-bond donors (Lipinski definition) is 3. The summed E-state index contributed by atoms with van der Waals surface area (Å²) < 4.78 is 28.5. The average Bonchev–Trinajstić information content (AvgIpc) is 3.73. The molecule has 2 aliphatic rings. The van der Waals surface area contributed by atoms with Crippen molar-refractivity contribution in [1.29, 1.82) is 0 Å². The van der Waals surface area contributed by atoms with Crippen molar-refractivity contribution in [3.8, 4) is 5.75 Å². The van der Waals surface area contributed by atoms with Crippen LogP contribution in [-0.4, -0.2) is 77.9 Å². The molecular weight excluding hydrogens is 664 g/mol. The number of hydrogen-bond acceptors (Lipinski definition) is 10. The summed E-state index contributed by atoms with van der Waals surface area (Å²) >= 11 is 0. The first-order chi connectivity index (χ1) is 25.0. The molecule has 3 N–H and O–H groups in total. The third kappa shape index (κ3) is 11.6. The number of aliphatic imine (C=N–C) groups is 1. The van der Waals surface area contributed by atoms with Gasteiger partial charge in [-0.1, -0.05) is 73.3 Å². The molecular formula is C40H50N4O8. The molecule has 0 bridgehead atoms. The van der Waals surface area contributed by atoms with Crippen molar-refractivity contribution in [2.24, 2.45) is 10.9 Å². The Hall–Kier alpha value is -4.75. The predicted molar refractivity (Wildman–Crippen MR) is 197 cm³/mol. The van der Waals surface area contributed by atoms with Gasteiger partial charge in [-0.25, -0.2) is 14.6 Å². The van der Waals surface area contributed by atoms with Crippen molar-refractivity contribution >= 4 is 17.9 Å². The van der Waals surface area contributed by atoms with E-state index in [9.17, 15) is 14.7 Å². The number of ether oxygens (including phenoxy) is 5. The quantitative estimate of drug-likeness (QED) is 0.129. The molecule has 0 spiro atoms. The van der Waals surface area contributed by atoms with E-state index < -0.39 is 36.0 Å². The SMILES string of the molecule is C=CN=C(C)c1ccc(CN(C[C@H](O)[C@H](Cc2ccc(OCc3ccccc3)cc2)NC(=O)O[C@H]2CO[C@H]3OCC[C@H]32)NC(=O)OC(C)(C)C)cc1. The van der Waals surface area contributed by atoms with E-state index in [1.54, 1.807) is 25.8 Å². The Labute approximate surface area is 305 Å². The number of nitrogens with one attached hydrogen (secondary N) is 2. The van der Waals surface area contributed by atoms with Gasteiger partial charge in [-0.05, 0) is 74.9 Å². The van der Waals surface area contributed by atoms with Crippen molar-refractivity contribution in [2.45, 2.75) is 83.8 Å². The molecule has 5 rings (SSSR count). The first-order valence-electron chi connectivity index (χ1n) is 17.6. The molecule has 3 aromatic rings. The van der Waals surface area contributed by atoms with Crippen LogP contribution in [-0.2, 0) is 38.5 Å². The van der Waals surface area contributed by atoms with E-state index in [2.05, 4.69) is 22.3 Å². The zero-order chi connectivity index (χ0) is 37.1. The van der Waals surface area contributed by atoms with Gasteiger partial charge in [0.15, 0.2) is 6.29 Å². The van der Waals surface area contributed by atoms with Crippen LogP contribution in [0.1, 0.15) is 56.4 Å². The molecule has 2 saturated heterocycles. The average molecular weight is 715 g/mol. The molecule has 3 aromatic carbocycles. The Morgan fingerprint density at radius 1 is 1.00 bits per heavy atom. The smallest absolute Gasteiger partial charge is 0.422 e. The molecule has 0 radical (unpaired) electrons. The van der Waals surface area contributed by atoms with E-state index in [0.717, 1.165) is 34.4 Å². The maximum Gasteiger partial charge on any atom is 0.422 e. The van der Waals surface area contributed by atoms with Gasteiger partial charge in [0.25, 0.3) is 0 Å². The summed E-state index contributed by atoms with van der Waals surface area (Å²) in [4.78, 5) is 30.5. The minimum absolute atomic E-state index is 0.0377. The van der Waals surface area contributed by atoms with E-state index >= 15 is 0 Å². The molecule has 0 unspecified atom stereocenters. The lowest BCUT2D eigenvalue weighted by Crippen LogP contribution is -2.54. The van der Waals surface area contributed by atoms with Crippen LogP contribution < -0.4 is 15.5 Å². The number of nitrogens with zero attached hydrogens (tertiary/aromatic N) is 2. The summed E-state index contributed by atoms with van der Waals surface area (Å²) in [5.41, 5.74) is 6.56. The summed E-state index contributed by atoms with van der Waals surface area (Å²) in [6.45, 7) is 12.3. The minimum atomic E-state index is -1.15. The van der Waals surface area contributed by atoms with Crippen LogP contribution in [0.3, 0.4) is 0 Å². The van der Waals surface area contributed by atoms with Gasteiger partial charge in [0.2, 0.25) is 0 Å². The molecule has 12 nitrogen and oxygen atoms in total. The maximum atomic E-state index is 13.3. The lowest BCUT2D eigenvalue weighted by molar-refractivity contribution is -0.0907. The molecule has 52 heavy (non-hydrogen) atoms. The number of carbonyl (C=O) groups excluding carboxylic acids is 2. The highest BCUT2D eigenvalue weighted by atomic mass is 16.7. The molecule has 278 valence electrons. The summed E-state index contributed by atoms with van der Waals surface area (Å²) in [5, 5.41) is 16.2. The molecule has 0 aromatic heterocycles. The number of rotatable bonds is 15. The summed E-state index contributed by atoms with van der Waals surface area (Å²) in [5.74, 6) is 0.653. The summed E-state index contributed by atoms with van der Waals surface area (Å²) in [6, 6.07) is 24.3. The molecule has 2 fully saturated rings. The number of alkyl carbamates (subject to hydrolysis) is 1. The van der Waals surface area contributed by atoms with Crippen LogP contribution in [0.15, 0.2) is 96.6 Å². The van der Waals surface area contributed by atoms with Gasteiger partial charge in [-0.2, -0.15) is 0 Å². The highest BCUT2D eigenvalue weighted by Crippen LogP contribution is 2.33. The minimum Gasteiger partial charge on any atom is -0.489 e. The van der Waals surface area contributed by atoms with Crippen LogP contribution in [0.25, 0.3) is 0 Å². The molecule has 0 saturated carbocycles. The Morgan fingerprint density at radius 3 is 2.40 bits per heavy atom. The lowest BCUT2D eigenvalue weighted by Gasteiger charge is -2.31. The van der Waals surface area contributed by atoms with Crippen molar-refractivity contribution in [1.82, 2.24) is 15.8 Å². The van der Waals surface area contributed by atoms with Crippen LogP contribution in [0.5, 0.6) is 5.75 Å². The highest BCUT2D eigenvalue weighted by Gasteiger charge is 2.44. The van der Waals surface area contributed by atoms with E-state index in [4.69, 9.17) is 23.7 Å². The molecule has 0 aliphatic carbocycles. The topological polar surface area (TPSA) is 140 Å². The fraction of sp³-hybridized carbons (Fsp3) is 0.425.